The van der Waals surface area contributed by atoms with Gasteiger partial charge in [-0.1, -0.05) is 55.3 Å². The van der Waals surface area contributed by atoms with Crippen LogP contribution in [0.2, 0.25) is 0 Å². The molecule has 0 aromatic heterocycles. The molecule has 1 atom stereocenters. The van der Waals surface area contributed by atoms with Crippen LogP contribution in [0.4, 0.5) is 16.2 Å². The number of benzene rings is 3. The van der Waals surface area contributed by atoms with Crippen LogP contribution >= 0.6 is 0 Å². The van der Waals surface area contributed by atoms with Gasteiger partial charge in [-0.3, -0.25) is 4.79 Å². The van der Waals surface area contributed by atoms with Crippen molar-refractivity contribution in [2.45, 2.75) is 64.6 Å². The number of carbonyl (C=O) groups excluding carboxylic acids is 1. The topological polar surface area (TPSA) is 160 Å². The SMILES string of the molecule is CC(=O)O.O=C(Nc1ccccc1)Nc1ccccc1CCCCOCCCCCCNC[C@H](O)c1ccc(O)c(CO)c1. The number of hydrogen-bond acceptors (Lipinski definition) is 7. The summed E-state index contributed by atoms with van der Waals surface area (Å²) >= 11 is 0. The Kier molecular flexibility index (Phi) is 17.9. The first kappa shape index (κ1) is 36.2. The van der Waals surface area contributed by atoms with Gasteiger partial charge in [-0.15, -0.1) is 0 Å². The zero-order chi connectivity index (χ0) is 32.0. The summed E-state index contributed by atoms with van der Waals surface area (Å²) < 4.78 is 5.80. The molecule has 0 aliphatic heterocycles. The van der Waals surface area contributed by atoms with Gasteiger partial charge in [0.1, 0.15) is 5.75 Å². The number of ether oxygens (including phenoxy) is 1. The number of nitrogens with one attached hydrogen (secondary N) is 3. The number of aliphatic hydroxyl groups is 2. The van der Waals surface area contributed by atoms with Crippen LogP contribution in [0.3, 0.4) is 0 Å². The molecule has 2 amide bonds. The molecule has 0 radical (unpaired) electrons. The van der Waals surface area contributed by atoms with Gasteiger partial charge in [-0.05, 0) is 80.1 Å². The summed E-state index contributed by atoms with van der Waals surface area (Å²) in [6.07, 6.45) is 6.42. The van der Waals surface area contributed by atoms with E-state index in [0.717, 1.165) is 88.6 Å². The average molecular weight is 610 g/mol. The molecule has 0 bridgehead atoms. The van der Waals surface area contributed by atoms with Gasteiger partial charge in [0.15, 0.2) is 0 Å². The fourth-order valence-electron chi connectivity index (χ4n) is 4.39. The van der Waals surface area contributed by atoms with Crippen molar-refractivity contribution in [3.05, 3.63) is 89.5 Å². The number of amides is 2. The van der Waals surface area contributed by atoms with E-state index < -0.39 is 12.1 Å². The van der Waals surface area contributed by atoms with E-state index in [9.17, 15) is 20.1 Å². The molecular weight excluding hydrogens is 562 g/mol. The normalized spacial score (nSPS) is 11.2. The number of phenols is 1. The summed E-state index contributed by atoms with van der Waals surface area (Å²) in [5.41, 5.74) is 3.80. The Balaban J connectivity index is 0.00000159. The number of aliphatic hydroxyl groups excluding tert-OH is 2. The molecule has 0 saturated carbocycles. The Hall–Kier alpha value is -3.96. The molecule has 0 aliphatic rings. The number of carboxylic acid groups (broad SMARTS) is 1. The molecule has 0 unspecified atom stereocenters. The summed E-state index contributed by atoms with van der Waals surface area (Å²) in [7, 11) is 0. The molecule has 0 spiro atoms. The molecule has 0 aliphatic carbocycles. The second-order valence-electron chi connectivity index (χ2n) is 10.4. The molecule has 3 aromatic carbocycles. The van der Waals surface area contributed by atoms with Crippen LogP contribution in [0.1, 0.15) is 68.2 Å². The number of aliphatic carboxylic acids is 1. The summed E-state index contributed by atoms with van der Waals surface area (Å²) in [4.78, 5) is 21.3. The van der Waals surface area contributed by atoms with Crippen molar-refractivity contribution >= 4 is 23.4 Å². The Labute approximate surface area is 260 Å². The van der Waals surface area contributed by atoms with Crippen LogP contribution < -0.4 is 16.0 Å². The number of anilines is 2. The minimum atomic E-state index is -0.833. The second-order valence-corrected chi connectivity index (χ2v) is 10.4. The van der Waals surface area contributed by atoms with Gasteiger partial charge < -0.3 is 41.1 Å². The van der Waals surface area contributed by atoms with Gasteiger partial charge in [0, 0.05) is 43.6 Å². The number of hydrogen-bond donors (Lipinski definition) is 7. The first-order valence-electron chi connectivity index (χ1n) is 15.1. The van der Waals surface area contributed by atoms with Crippen LogP contribution in [0, 0.1) is 0 Å². The predicted molar refractivity (Wildman–Crippen MR) is 173 cm³/mol. The quantitative estimate of drug-likeness (QED) is 0.0885. The molecule has 3 rings (SSSR count). The average Bonchev–Trinajstić information content (AvgIpc) is 3.00. The van der Waals surface area contributed by atoms with Gasteiger partial charge in [0.2, 0.25) is 0 Å². The number of para-hydroxylation sites is 2. The lowest BCUT2D eigenvalue weighted by Gasteiger charge is -2.14. The highest BCUT2D eigenvalue weighted by Crippen LogP contribution is 2.22. The summed E-state index contributed by atoms with van der Waals surface area (Å²) in [5, 5.41) is 45.7. The van der Waals surface area contributed by atoms with Gasteiger partial charge in [-0.25, -0.2) is 4.79 Å². The van der Waals surface area contributed by atoms with E-state index in [0.29, 0.717) is 17.7 Å². The number of urea groups is 1. The number of carboxylic acids is 1. The Bertz CT molecular complexity index is 1240. The van der Waals surface area contributed by atoms with Crippen LogP contribution in [0.25, 0.3) is 0 Å². The first-order valence-corrected chi connectivity index (χ1v) is 15.1. The molecule has 0 saturated heterocycles. The lowest BCUT2D eigenvalue weighted by Crippen LogP contribution is -2.22. The molecular formula is C34H47N3O7. The van der Waals surface area contributed by atoms with Crippen LogP contribution in [0.5, 0.6) is 5.75 Å². The van der Waals surface area contributed by atoms with Crippen molar-refractivity contribution in [2.75, 3.05) is 36.9 Å². The number of aryl methyl sites for hydroxylation is 1. The van der Waals surface area contributed by atoms with E-state index >= 15 is 0 Å². The lowest BCUT2D eigenvalue weighted by molar-refractivity contribution is -0.134. The maximum Gasteiger partial charge on any atom is 0.323 e. The van der Waals surface area contributed by atoms with Crippen LogP contribution in [0.15, 0.2) is 72.8 Å². The second kappa shape index (κ2) is 21.7. The number of carbonyl (C=O) groups is 2. The van der Waals surface area contributed by atoms with Gasteiger partial charge in [-0.2, -0.15) is 0 Å². The standard InChI is InChI=1S/C32H43N3O5.C2H4O2/c36-24-27-22-26(17-18-30(27)37)31(38)23-33-19-9-1-2-10-20-40-21-11-8-13-25-12-6-7-16-29(25)35-32(39)34-28-14-4-3-5-15-28;1-2(3)4/h3-7,12,14-18,22,31,33,36-38H,1-2,8-11,13,19-21,23-24H2,(H2,34,35,39);1H3,(H,3,4)/t31-;/m0./s1. The van der Waals surface area contributed by atoms with Gasteiger partial charge in [0.05, 0.1) is 12.7 Å². The lowest BCUT2D eigenvalue weighted by atomic mass is 10.1. The number of aromatic hydroxyl groups is 1. The summed E-state index contributed by atoms with van der Waals surface area (Å²) in [6, 6.07) is 21.8. The highest BCUT2D eigenvalue weighted by Gasteiger charge is 2.10. The third-order valence-electron chi connectivity index (χ3n) is 6.67. The maximum atomic E-state index is 12.3. The van der Waals surface area contributed by atoms with Crippen molar-refractivity contribution in [1.82, 2.24) is 5.32 Å². The van der Waals surface area contributed by atoms with Crippen molar-refractivity contribution in [3.8, 4) is 5.75 Å². The molecule has 10 heteroatoms. The molecule has 3 aromatic rings. The van der Waals surface area contributed by atoms with Crippen molar-refractivity contribution in [1.29, 1.82) is 0 Å². The van der Waals surface area contributed by atoms with E-state index in [1.165, 1.54) is 6.07 Å². The largest absolute Gasteiger partial charge is 0.508 e. The molecule has 10 nitrogen and oxygen atoms in total. The Morgan fingerprint density at radius 1 is 0.818 bits per heavy atom. The van der Waals surface area contributed by atoms with Crippen molar-refractivity contribution in [3.63, 3.8) is 0 Å². The van der Waals surface area contributed by atoms with Crippen LogP contribution in [-0.2, 0) is 22.6 Å². The molecule has 240 valence electrons. The zero-order valence-corrected chi connectivity index (χ0v) is 25.5. The van der Waals surface area contributed by atoms with E-state index in [4.69, 9.17) is 14.6 Å². The Morgan fingerprint density at radius 2 is 1.48 bits per heavy atom. The van der Waals surface area contributed by atoms with Crippen molar-refractivity contribution in [2.24, 2.45) is 0 Å². The van der Waals surface area contributed by atoms with E-state index in [-0.39, 0.29) is 18.4 Å². The van der Waals surface area contributed by atoms with Gasteiger partial charge >= 0.3 is 6.03 Å². The molecule has 0 fully saturated rings. The third kappa shape index (κ3) is 15.5. The van der Waals surface area contributed by atoms with E-state index in [1.54, 1.807) is 12.1 Å². The molecule has 7 N–H and O–H groups in total. The monoisotopic (exact) mass is 609 g/mol. The zero-order valence-electron chi connectivity index (χ0n) is 25.5. The molecule has 0 heterocycles. The first-order chi connectivity index (χ1) is 21.3. The highest BCUT2D eigenvalue weighted by atomic mass is 16.5. The molecule has 44 heavy (non-hydrogen) atoms. The van der Waals surface area contributed by atoms with E-state index in [1.807, 2.05) is 48.5 Å². The minimum absolute atomic E-state index is 0.0381. The van der Waals surface area contributed by atoms with Gasteiger partial charge in [0.25, 0.3) is 5.97 Å². The third-order valence-corrected chi connectivity index (χ3v) is 6.67. The smallest absolute Gasteiger partial charge is 0.323 e. The maximum absolute atomic E-state index is 12.3. The Morgan fingerprint density at radius 3 is 2.20 bits per heavy atom. The fourth-order valence-corrected chi connectivity index (χ4v) is 4.39. The minimum Gasteiger partial charge on any atom is -0.508 e. The highest BCUT2D eigenvalue weighted by molar-refractivity contribution is 6.00. The fraction of sp³-hybridized carbons (Fsp3) is 0.412. The summed E-state index contributed by atoms with van der Waals surface area (Å²) in [6.45, 7) is 3.58. The number of unbranched alkanes of at least 4 members (excludes halogenated alkanes) is 4. The summed E-state index contributed by atoms with van der Waals surface area (Å²) in [5.74, 6) is -0.795. The number of rotatable bonds is 18. The predicted octanol–water partition coefficient (Wildman–Crippen LogP) is 5.84. The van der Waals surface area contributed by atoms with Crippen LogP contribution in [-0.4, -0.2) is 58.7 Å². The van der Waals surface area contributed by atoms with Crippen molar-refractivity contribution < 1.29 is 34.8 Å². The van der Waals surface area contributed by atoms with E-state index in [2.05, 4.69) is 22.0 Å².